The minimum atomic E-state index is -0.833. The number of ketones is 2. The number of nitrogen functional groups attached to an aromatic ring is 1. The molecule has 4 fully saturated rings. The molecule has 9 rings (SSSR count). The van der Waals surface area contributed by atoms with Crippen molar-refractivity contribution >= 4 is 134 Å². The standard InChI is InChI=1S/C25H30N6O2S.C15H23N5S2.C12H14BrNO2.C2H4O2.H3P/c1-29-10-12-30(13-11-29)21-8-4-19(5-9-21)27-25-28-24(26)23(34-25)22(32)18-2-6-20(7-3-18)31-14-16-33-17-15-31;1-3-22-14(16)18-15(21)17-12-4-6-13(7-5-12)20-10-8-19(2)9-11-20;13-9-12(15)10-1-3-11(4-2-10)14-5-7-16-8-6-14;1-2(3)4;/h2-9H,10-17,26H2,1H3,(H,27,28);4-7H,3,8-11H2,1-2H3,(H3,16,17,18,21);1-4H,5-9H2;1H3,(H,3,4);1H3. The molecule has 0 radical (unpaired) electrons. The number of likely N-dealkylation sites (N-methyl/N-ethyl adjacent to an activating group) is 2. The van der Waals surface area contributed by atoms with Crippen LogP contribution in [0.1, 0.15) is 39.4 Å². The molecule has 18 nitrogen and oxygen atoms in total. The second kappa shape index (κ2) is 32.5. The van der Waals surface area contributed by atoms with Crippen molar-refractivity contribution in [3.63, 3.8) is 0 Å². The number of halogens is 1. The first kappa shape index (κ1) is 62.4. The van der Waals surface area contributed by atoms with Gasteiger partial charge in [0.05, 0.1) is 31.8 Å². The average Bonchev–Trinajstić information content (AvgIpc) is 3.81. The van der Waals surface area contributed by atoms with Gasteiger partial charge in [-0.1, -0.05) is 46.0 Å². The molecule has 0 amide bonds. The number of carboxylic acids is 1. The van der Waals surface area contributed by atoms with Gasteiger partial charge in [-0.15, -0.1) is 0 Å². The highest BCUT2D eigenvalue weighted by molar-refractivity contribution is 9.09. The lowest BCUT2D eigenvalue weighted by Crippen LogP contribution is -2.44. The summed E-state index contributed by atoms with van der Waals surface area (Å²) in [5, 5.41) is 15.7. The number of amidine groups is 1. The number of thiazole rings is 1. The lowest BCUT2D eigenvalue weighted by atomic mass is 10.1. The van der Waals surface area contributed by atoms with E-state index in [9.17, 15) is 9.59 Å². The van der Waals surface area contributed by atoms with E-state index in [1.54, 1.807) is 0 Å². The molecule has 1 unspecified atom stereocenters. The second-order valence-corrected chi connectivity index (χ2v) is 21.3. The SMILES string of the molecule is CC(=O)O.CCSC(N)=NC(=S)Nc1ccc(N2CCN(C)CC2)cc1.CN1CCN(c2ccc(Nc3nc(N)c(C(=O)c4ccc(N5CCOCC5)cc4)s3)cc2)CC1.O=C(CBr)c1ccc(N2CCOCC2)cc1.P. The van der Waals surface area contributed by atoms with Crippen molar-refractivity contribution in [2.24, 2.45) is 10.7 Å². The number of aliphatic imine (C=N–C) groups is 1. The number of nitrogens with zero attached hydrogens (tertiary/aromatic N) is 8. The number of aliphatic carboxylic acids is 1. The van der Waals surface area contributed by atoms with Crippen LogP contribution in [0.15, 0.2) is 102 Å². The molecule has 4 aliphatic rings. The maximum absolute atomic E-state index is 13.1. The number of piperazine rings is 2. The summed E-state index contributed by atoms with van der Waals surface area (Å²) in [7, 11) is 4.32. The van der Waals surface area contributed by atoms with E-state index in [1.165, 1.54) is 34.5 Å². The van der Waals surface area contributed by atoms with Gasteiger partial charge >= 0.3 is 0 Å². The fourth-order valence-electron chi connectivity index (χ4n) is 8.28. The van der Waals surface area contributed by atoms with Crippen molar-refractivity contribution in [2.75, 3.05) is 166 Å². The summed E-state index contributed by atoms with van der Waals surface area (Å²) in [4.78, 5) is 56.5. The first-order valence-corrected chi connectivity index (χ1v) is 28.6. The smallest absolute Gasteiger partial charge is 0.300 e. The van der Waals surface area contributed by atoms with Crippen molar-refractivity contribution in [3.05, 3.63) is 113 Å². The van der Waals surface area contributed by atoms with Gasteiger partial charge in [-0.3, -0.25) is 14.4 Å². The summed E-state index contributed by atoms with van der Waals surface area (Å²) in [6.07, 6.45) is 0. The van der Waals surface area contributed by atoms with Crippen LogP contribution in [0.5, 0.6) is 0 Å². The van der Waals surface area contributed by atoms with E-state index >= 15 is 0 Å². The lowest BCUT2D eigenvalue weighted by molar-refractivity contribution is -0.134. The third-order valence-corrected chi connectivity index (χ3v) is 14.9. The lowest BCUT2D eigenvalue weighted by Gasteiger charge is -2.34. The minimum absolute atomic E-state index is 0. The van der Waals surface area contributed by atoms with Crippen LogP contribution in [-0.4, -0.2) is 178 Å². The average molecular weight is 1190 g/mol. The molecule has 0 spiro atoms. The Kier molecular flexibility index (Phi) is 26.3. The summed E-state index contributed by atoms with van der Waals surface area (Å²) in [5.74, 6) is 0.317. The number of carboxylic acid groups (broad SMARTS) is 1. The number of anilines is 8. The zero-order valence-electron chi connectivity index (χ0n) is 44.5. The zero-order chi connectivity index (χ0) is 54.4. The fraction of sp³-hybridized carbons (Fsp3) is 0.407. The highest BCUT2D eigenvalue weighted by Gasteiger charge is 2.21. The summed E-state index contributed by atoms with van der Waals surface area (Å²) in [6, 6.07) is 32.0. The third-order valence-electron chi connectivity index (χ3n) is 12.5. The Morgan fingerprint density at radius 2 is 1.08 bits per heavy atom. The van der Waals surface area contributed by atoms with Crippen molar-refractivity contribution in [3.8, 4) is 0 Å². The highest BCUT2D eigenvalue weighted by atomic mass is 79.9. The van der Waals surface area contributed by atoms with Crippen molar-refractivity contribution in [1.82, 2.24) is 14.8 Å². The van der Waals surface area contributed by atoms with E-state index in [1.807, 2.05) is 79.7 Å². The highest BCUT2D eigenvalue weighted by Crippen LogP contribution is 2.31. The van der Waals surface area contributed by atoms with Gasteiger partial charge in [-0.05, 0) is 129 Å². The van der Waals surface area contributed by atoms with Gasteiger partial charge in [0.1, 0.15) is 10.7 Å². The van der Waals surface area contributed by atoms with Gasteiger partial charge in [0.25, 0.3) is 5.97 Å². The molecule has 1 atom stereocenters. The molecule has 5 aromatic rings. The minimum Gasteiger partial charge on any atom is -0.481 e. The van der Waals surface area contributed by atoms with Crippen LogP contribution in [0.25, 0.3) is 0 Å². The van der Waals surface area contributed by atoms with Crippen LogP contribution in [0.4, 0.5) is 45.1 Å². The molecular weight excluding hydrogens is 1120 g/mol. The maximum Gasteiger partial charge on any atom is 0.300 e. The molecule has 4 saturated heterocycles. The van der Waals surface area contributed by atoms with Crippen LogP contribution in [0.2, 0.25) is 0 Å². The number of nitrogens with two attached hydrogens (primary N) is 2. The molecule has 4 aromatic carbocycles. The Hall–Kier alpha value is -5.42. The molecule has 0 saturated carbocycles. The topological polar surface area (TPSA) is 211 Å². The number of carbonyl (C=O) groups is 3. The molecule has 5 heterocycles. The maximum atomic E-state index is 13.1. The quantitative estimate of drug-likeness (QED) is 0.0202. The molecule has 416 valence electrons. The number of benzene rings is 4. The number of rotatable bonds is 12. The van der Waals surface area contributed by atoms with Crippen molar-refractivity contribution in [1.29, 1.82) is 0 Å². The number of hydrogen-bond acceptors (Lipinski definition) is 17. The molecule has 1 aromatic heterocycles. The summed E-state index contributed by atoms with van der Waals surface area (Å²) >= 11 is 11.1. The van der Waals surface area contributed by atoms with Crippen molar-refractivity contribution in [2.45, 2.75) is 13.8 Å². The van der Waals surface area contributed by atoms with Crippen LogP contribution >= 0.6 is 61.1 Å². The van der Waals surface area contributed by atoms with E-state index < -0.39 is 5.97 Å². The Labute approximate surface area is 478 Å². The number of nitrogens with one attached hydrogen (secondary N) is 2. The first-order chi connectivity index (χ1) is 36.7. The molecule has 4 aliphatic heterocycles. The Bertz CT molecular complexity index is 2640. The second-order valence-electron chi connectivity index (χ2n) is 18.0. The van der Waals surface area contributed by atoms with Gasteiger partial charge in [0.2, 0.25) is 5.78 Å². The van der Waals surface area contributed by atoms with Gasteiger partial charge in [0, 0.05) is 131 Å². The van der Waals surface area contributed by atoms with E-state index in [0.29, 0.717) is 31.2 Å². The van der Waals surface area contributed by atoms with Gasteiger partial charge in [0.15, 0.2) is 21.2 Å². The molecule has 7 N–H and O–H groups in total. The number of morpholine rings is 2. The molecule has 0 aliphatic carbocycles. The molecule has 0 bridgehead atoms. The predicted octanol–water partition coefficient (Wildman–Crippen LogP) is 7.74. The Balaban J connectivity index is 0.000000219. The van der Waals surface area contributed by atoms with E-state index in [2.05, 4.69) is 104 Å². The van der Waals surface area contributed by atoms with E-state index in [-0.39, 0.29) is 27.3 Å². The van der Waals surface area contributed by atoms with Crippen LogP contribution in [-0.2, 0) is 14.3 Å². The number of alkyl halides is 1. The monoisotopic (exact) mass is 1190 g/mol. The van der Waals surface area contributed by atoms with Crippen LogP contribution in [0.3, 0.4) is 0 Å². The first-order valence-electron chi connectivity index (χ1n) is 25.3. The van der Waals surface area contributed by atoms with E-state index in [4.69, 9.17) is 43.1 Å². The Morgan fingerprint density at radius 3 is 1.49 bits per heavy atom. The number of thioether (sulfide) groups is 1. The molecule has 23 heteroatoms. The Morgan fingerprint density at radius 1 is 0.688 bits per heavy atom. The van der Waals surface area contributed by atoms with E-state index in [0.717, 1.165) is 146 Å². The largest absolute Gasteiger partial charge is 0.481 e. The third kappa shape index (κ3) is 20.4. The van der Waals surface area contributed by atoms with Crippen molar-refractivity contribution < 1.29 is 29.0 Å². The number of aromatic nitrogens is 1. The molecular formula is C54H74BrN12O6PS3. The zero-order valence-corrected chi connectivity index (χ0v) is 49.9. The number of thiocarbonyl (C=S) groups is 1. The number of Topliss-reactive ketones (excluding diaryl/α,β-unsaturated/α-hetero) is 1. The van der Waals surface area contributed by atoms with Crippen LogP contribution < -0.4 is 41.7 Å². The number of carbonyl (C=O) groups excluding carboxylic acids is 2. The van der Waals surface area contributed by atoms with Gasteiger partial charge in [-0.2, -0.15) is 14.9 Å². The number of hydrogen-bond donors (Lipinski definition) is 5. The molecule has 77 heavy (non-hydrogen) atoms. The number of ether oxygens (including phenoxy) is 2. The van der Waals surface area contributed by atoms with Gasteiger partial charge in [-0.25, -0.2) is 4.98 Å². The van der Waals surface area contributed by atoms with Gasteiger partial charge < -0.3 is 66.1 Å². The normalized spacial score (nSPS) is 16.0. The van der Waals surface area contributed by atoms with Crippen LogP contribution in [0, 0.1) is 0 Å². The fourth-order valence-corrected chi connectivity index (χ4v) is 10.2. The predicted molar refractivity (Wildman–Crippen MR) is 333 cm³/mol. The summed E-state index contributed by atoms with van der Waals surface area (Å²) in [6.45, 7) is 18.3. The summed E-state index contributed by atoms with van der Waals surface area (Å²) < 4.78 is 10.7. The summed E-state index contributed by atoms with van der Waals surface area (Å²) in [5.41, 5.74) is 19.8.